The van der Waals surface area contributed by atoms with Crippen molar-refractivity contribution in [3.05, 3.63) is 23.5 Å². The quantitative estimate of drug-likeness (QED) is 0.870. The lowest BCUT2D eigenvalue weighted by Crippen LogP contribution is -2.20. The number of rotatable bonds is 3. The van der Waals surface area contributed by atoms with Gasteiger partial charge < -0.3 is 9.84 Å². The zero-order valence-electron chi connectivity index (χ0n) is 8.21. The molecular formula is C9H8F3NO3. The first-order chi connectivity index (χ1) is 7.29. The normalized spacial score (nSPS) is 11.2. The summed E-state index contributed by atoms with van der Waals surface area (Å²) in [5.41, 5.74) is -0.138. The van der Waals surface area contributed by atoms with E-state index in [1.165, 1.54) is 13.0 Å². The van der Waals surface area contributed by atoms with Crippen LogP contribution in [0.4, 0.5) is 13.2 Å². The highest BCUT2D eigenvalue weighted by atomic mass is 19.4. The molecule has 0 unspecified atom stereocenters. The van der Waals surface area contributed by atoms with Crippen molar-refractivity contribution in [2.45, 2.75) is 13.1 Å². The van der Waals surface area contributed by atoms with Crippen LogP contribution in [-0.4, -0.2) is 28.8 Å². The molecule has 0 aliphatic rings. The molecule has 4 nitrogen and oxygen atoms in total. The van der Waals surface area contributed by atoms with E-state index in [1.807, 2.05) is 0 Å². The highest BCUT2D eigenvalue weighted by Crippen LogP contribution is 2.21. The van der Waals surface area contributed by atoms with Crippen molar-refractivity contribution in [2.75, 3.05) is 6.61 Å². The number of aromatic carboxylic acids is 1. The lowest BCUT2D eigenvalue weighted by molar-refractivity contribution is -0.153. The Morgan fingerprint density at radius 2 is 2.12 bits per heavy atom. The molecule has 0 aliphatic heterocycles. The summed E-state index contributed by atoms with van der Waals surface area (Å²) in [5.74, 6) is -1.82. The minimum atomic E-state index is -4.51. The molecule has 0 saturated heterocycles. The molecule has 1 rings (SSSR count). The summed E-state index contributed by atoms with van der Waals surface area (Å²) in [7, 11) is 0. The molecule has 16 heavy (non-hydrogen) atoms. The second kappa shape index (κ2) is 4.38. The van der Waals surface area contributed by atoms with Crippen LogP contribution >= 0.6 is 0 Å². The molecule has 1 aromatic rings. The summed E-state index contributed by atoms with van der Waals surface area (Å²) < 4.78 is 39.9. The minimum Gasteiger partial charge on any atom is -0.482 e. The first-order valence-corrected chi connectivity index (χ1v) is 4.20. The average Bonchev–Trinajstić information content (AvgIpc) is 2.14. The molecule has 1 aromatic heterocycles. The first kappa shape index (κ1) is 12.3. The van der Waals surface area contributed by atoms with Gasteiger partial charge in [-0.1, -0.05) is 0 Å². The van der Waals surface area contributed by atoms with Crippen LogP contribution in [0.25, 0.3) is 0 Å². The summed E-state index contributed by atoms with van der Waals surface area (Å²) in [6.07, 6.45) is -4.51. The zero-order chi connectivity index (χ0) is 12.3. The van der Waals surface area contributed by atoms with Gasteiger partial charge in [-0.05, 0) is 19.1 Å². The molecule has 0 spiro atoms. The fourth-order valence-electron chi connectivity index (χ4n) is 0.973. The van der Waals surface area contributed by atoms with Crippen LogP contribution in [-0.2, 0) is 0 Å². The number of ether oxygens (including phenoxy) is 1. The van der Waals surface area contributed by atoms with E-state index in [-0.39, 0.29) is 0 Å². The minimum absolute atomic E-state index is 0.386. The standard InChI is InChI=1S/C9H8F3NO3/c1-5-2-3-6(7(13-5)8(14)15)16-4-9(10,11)12/h2-3H,4H2,1H3,(H,14,15). The largest absolute Gasteiger partial charge is 0.482 e. The Bertz CT molecular complexity index is 403. The van der Waals surface area contributed by atoms with Gasteiger partial charge in [-0.3, -0.25) is 0 Å². The lowest BCUT2D eigenvalue weighted by atomic mass is 10.3. The predicted octanol–water partition coefficient (Wildman–Crippen LogP) is 2.03. The molecular weight excluding hydrogens is 227 g/mol. The van der Waals surface area contributed by atoms with Crippen molar-refractivity contribution >= 4 is 5.97 Å². The first-order valence-electron chi connectivity index (χ1n) is 4.20. The third-order valence-corrected chi connectivity index (χ3v) is 1.59. The van der Waals surface area contributed by atoms with Crippen LogP contribution in [0.5, 0.6) is 5.75 Å². The number of alkyl halides is 3. The molecule has 0 fully saturated rings. The number of pyridine rings is 1. The number of carboxylic acids is 1. The Hall–Kier alpha value is -1.79. The second-order valence-electron chi connectivity index (χ2n) is 3.01. The van der Waals surface area contributed by atoms with Gasteiger partial charge in [-0.2, -0.15) is 13.2 Å². The molecule has 0 radical (unpaired) electrons. The van der Waals surface area contributed by atoms with E-state index in [0.29, 0.717) is 5.69 Å². The number of carbonyl (C=O) groups is 1. The smallest absolute Gasteiger partial charge is 0.422 e. The molecule has 0 atom stereocenters. The van der Waals surface area contributed by atoms with E-state index < -0.39 is 30.2 Å². The topological polar surface area (TPSA) is 59.4 Å². The Labute approximate surface area is 88.7 Å². The third kappa shape index (κ3) is 3.41. The third-order valence-electron chi connectivity index (χ3n) is 1.59. The lowest BCUT2D eigenvalue weighted by Gasteiger charge is -2.10. The maximum atomic E-state index is 11.9. The molecule has 88 valence electrons. The Morgan fingerprint density at radius 1 is 1.50 bits per heavy atom. The molecule has 0 amide bonds. The van der Waals surface area contributed by atoms with Crippen LogP contribution in [0.1, 0.15) is 16.2 Å². The van der Waals surface area contributed by atoms with E-state index in [1.54, 1.807) is 0 Å². The second-order valence-corrected chi connectivity index (χ2v) is 3.01. The van der Waals surface area contributed by atoms with Crippen molar-refractivity contribution in [1.82, 2.24) is 4.98 Å². The number of nitrogens with zero attached hydrogens (tertiary/aromatic N) is 1. The van der Waals surface area contributed by atoms with Gasteiger partial charge in [0.1, 0.15) is 0 Å². The number of hydrogen-bond donors (Lipinski definition) is 1. The van der Waals surface area contributed by atoms with E-state index >= 15 is 0 Å². The molecule has 1 heterocycles. The van der Waals surface area contributed by atoms with Crippen LogP contribution in [0.15, 0.2) is 12.1 Å². The Balaban J connectivity index is 2.91. The molecule has 1 N–H and O–H groups in total. The van der Waals surface area contributed by atoms with Crippen LogP contribution in [0.3, 0.4) is 0 Å². The average molecular weight is 235 g/mol. The maximum absolute atomic E-state index is 11.9. The molecule has 0 saturated carbocycles. The highest BCUT2D eigenvalue weighted by molar-refractivity contribution is 5.88. The number of carboxylic acid groups (broad SMARTS) is 1. The van der Waals surface area contributed by atoms with Gasteiger partial charge in [0.05, 0.1) is 0 Å². The van der Waals surface area contributed by atoms with Gasteiger partial charge in [-0.25, -0.2) is 9.78 Å². The van der Waals surface area contributed by atoms with E-state index in [2.05, 4.69) is 9.72 Å². The van der Waals surface area contributed by atoms with Gasteiger partial charge in [-0.15, -0.1) is 0 Å². The van der Waals surface area contributed by atoms with Crippen molar-refractivity contribution in [3.63, 3.8) is 0 Å². The number of halogens is 3. The van der Waals surface area contributed by atoms with Crippen molar-refractivity contribution in [1.29, 1.82) is 0 Å². The Morgan fingerprint density at radius 3 is 2.62 bits per heavy atom. The fourth-order valence-corrected chi connectivity index (χ4v) is 0.973. The van der Waals surface area contributed by atoms with Gasteiger partial charge in [0.15, 0.2) is 18.1 Å². The summed E-state index contributed by atoms with van der Waals surface area (Å²) in [4.78, 5) is 14.3. The summed E-state index contributed by atoms with van der Waals surface area (Å²) >= 11 is 0. The van der Waals surface area contributed by atoms with E-state index in [4.69, 9.17) is 5.11 Å². The summed E-state index contributed by atoms with van der Waals surface area (Å²) in [5, 5.41) is 8.70. The molecule has 7 heteroatoms. The van der Waals surface area contributed by atoms with Crippen molar-refractivity contribution in [2.24, 2.45) is 0 Å². The molecule has 0 aliphatic carbocycles. The van der Waals surface area contributed by atoms with Crippen LogP contribution in [0.2, 0.25) is 0 Å². The van der Waals surface area contributed by atoms with E-state index in [9.17, 15) is 18.0 Å². The summed E-state index contributed by atoms with van der Waals surface area (Å²) in [6, 6.07) is 2.52. The maximum Gasteiger partial charge on any atom is 0.422 e. The van der Waals surface area contributed by atoms with Crippen molar-refractivity contribution < 1.29 is 27.8 Å². The van der Waals surface area contributed by atoms with E-state index in [0.717, 1.165) is 6.07 Å². The Kier molecular flexibility index (Phi) is 3.36. The number of aromatic nitrogens is 1. The molecule has 0 aromatic carbocycles. The highest BCUT2D eigenvalue weighted by Gasteiger charge is 2.29. The van der Waals surface area contributed by atoms with Gasteiger partial charge in [0.25, 0.3) is 0 Å². The fraction of sp³-hybridized carbons (Fsp3) is 0.333. The van der Waals surface area contributed by atoms with Crippen LogP contribution < -0.4 is 4.74 Å². The summed E-state index contributed by atoms with van der Waals surface area (Å²) in [6.45, 7) is -0.0159. The van der Waals surface area contributed by atoms with Gasteiger partial charge in [0.2, 0.25) is 0 Å². The van der Waals surface area contributed by atoms with Gasteiger partial charge >= 0.3 is 12.1 Å². The zero-order valence-corrected chi connectivity index (χ0v) is 8.21. The molecule has 0 bridgehead atoms. The number of hydrogen-bond acceptors (Lipinski definition) is 3. The predicted molar refractivity (Wildman–Crippen MR) is 47.5 cm³/mol. The van der Waals surface area contributed by atoms with Crippen molar-refractivity contribution in [3.8, 4) is 5.75 Å². The monoisotopic (exact) mass is 235 g/mol. The number of aryl methyl sites for hydroxylation is 1. The van der Waals surface area contributed by atoms with Gasteiger partial charge in [0, 0.05) is 5.69 Å². The SMILES string of the molecule is Cc1ccc(OCC(F)(F)F)c(C(=O)O)n1. The van der Waals surface area contributed by atoms with Crippen LogP contribution in [0, 0.1) is 6.92 Å².